The molecule has 0 amide bonds. The lowest BCUT2D eigenvalue weighted by Crippen LogP contribution is -2.48. The Balaban J connectivity index is 1.49. The van der Waals surface area contributed by atoms with Crippen LogP contribution in [0.25, 0.3) is 0 Å². The first-order valence-corrected chi connectivity index (χ1v) is 6.80. The molecule has 16 heavy (non-hydrogen) atoms. The van der Waals surface area contributed by atoms with Gasteiger partial charge in [-0.2, -0.15) is 0 Å². The Morgan fingerprint density at radius 1 is 1.00 bits per heavy atom. The second-order valence-electron chi connectivity index (χ2n) is 6.43. The van der Waals surface area contributed by atoms with Gasteiger partial charge in [-0.05, 0) is 73.3 Å². The zero-order valence-electron chi connectivity index (χ0n) is 9.36. The van der Waals surface area contributed by atoms with Crippen LogP contribution < -0.4 is 0 Å². The third-order valence-corrected chi connectivity index (χ3v) is 5.24. The van der Waals surface area contributed by atoms with E-state index in [1.54, 1.807) is 0 Å². The van der Waals surface area contributed by atoms with Gasteiger partial charge < -0.3 is 4.74 Å². The van der Waals surface area contributed by atoms with E-state index in [4.69, 9.17) is 16.3 Å². The number of nitrogens with zero attached hydrogens (tertiary/aromatic N) is 2. The van der Waals surface area contributed by atoms with E-state index in [0.29, 0.717) is 5.41 Å². The van der Waals surface area contributed by atoms with Crippen molar-refractivity contribution in [3.63, 3.8) is 0 Å². The van der Waals surface area contributed by atoms with E-state index in [-0.39, 0.29) is 0 Å². The molecule has 0 aromatic heterocycles. The van der Waals surface area contributed by atoms with Crippen LogP contribution in [0.2, 0.25) is 0 Å². The van der Waals surface area contributed by atoms with Crippen LogP contribution in [0.5, 0.6) is 0 Å². The molecule has 0 atom stereocenters. The fraction of sp³-hybridized carbons (Fsp3) is 1.00. The lowest BCUT2D eigenvalue weighted by atomic mass is 9.50. The number of hydrogen-bond acceptors (Lipinski definition) is 3. The minimum atomic E-state index is -0.983. The number of rotatable bonds is 3. The van der Waals surface area contributed by atoms with Crippen molar-refractivity contribution in [2.75, 3.05) is 6.61 Å². The van der Waals surface area contributed by atoms with Gasteiger partial charge in [0, 0.05) is 0 Å². The van der Waals surface area contributed by atoms with E-state index >= 15 is 0 Å². The number of halogens is 1. The first-order chi connectivity index (χ1) is 7.65. The lowest BCUT2D eigenvalue weighted by Gasteiger charge is -2.56. The van der Waals surface area contributed by atoms with Crippen molar-refractivity contribution in [1.29, 1.82) is 0 Å². The zero-order valence-corrected chi connectivity index (χ0v) is 10.1. The predicted molar refractivity (Wildman–Crippen MR) is 60.0 cm³/mol. The Hall–Kier alpha value is -0.150. The van der Waals surface area contributed by atoms with Gasteiger partial charge in [0.2, 0.25) is 0 Å². The lowest BCUT2D eigenvalue weighted by molar-refractivity contribution is -0.107. The highest BCUT2D eigenvalue weighted by Gasteiger charge is 2.52. The van der Waals surface area contributed by atoms with Gasteiger partial charge in [-0.1, -0.05) is 0 Å². The van der Waals surface area contributed by atoms with Crippen LogP contribution in [0, 0.1) is 23.2 Å². The quantitative estimate of drug-likeness (QED) is 0.549. The van der Waals surface area contributed by atoms with Crippen molar-refractivity contribution >= 4 is 11.6 Å². The molecule has 0 saturated heterocycles. The summed E-state index contributed by atoms with van der Waals surface area (Å²) in [5.74, 6) is 2.90. The largest absolute Gasteiger partial charge is 0.375 e. The van der Waals surface area contributed by atoms with Crippen LogP contribution in [0.15, 0.2) is 10.2 Å². The van der Waals surface area contributed by atoms with Crippen molar-refractivity contribution in [3.05, 3.63) is 0 Å². The summed E-state index contributed by atoms with van der Waals surface area (Å²) in [5, 5.41) is 6.46. The molecule has 4 aliphatic carbocycles. The molecule has 1 aliphatic heterocycles. The van der Waals surface area contributed by atoms with Crippen molar-refractivity contribution in [2.24, 2.45) is 33.4 Å². The molecule has 4 fully saturated rings. The van der Waals surface area contributed by atoms with Crippen LogP contribution in [-0.4, -0.2) is 11.9 Å². The average molecular weight is 241 g/mol. The Morgan fingerprint density at radius 3 is 1.94 bits per heavy atom. The van der Waals surface area contributed by atoms with Crippen LogP contribution in [0.1, 0.15) is 38.5 Å². The number of ether oxygens (including phenoxy) is 1. The van der Waals surface area contributed by atoms with Gasteiger partial charge in [-0.25, -0.2) is 0 Å². The molecule has 0 unspecified atom stereocenters. The maximum atomic E-state index is 5.93. The summed E-state index contributed by atoms with van der Waals surface area (Å²) in [6.07, 6.45) is 8.48. The van der Waals surface area contributed by atoms with Gasteiger partial charge in [0.05, 0.1) is 6.61 Å². The van der Waals surface area contributed by atoms with Crippen molar-refractivity contribution in [1.82, 2.24) is 0 Å². The van der Waals surface area contributed by atoms with E-state index in [2.05, 4.69) is 10.2 Å². The van der Waals surface area contributed by atoms with Gasteiger partial charge >= 0.3 is 5.31 Å². The fourth-order valence-electron chi connectivity index (χ4n) is 4.81. The summed E-state index contributed by atoms with van der Waals surface area (Å²) >= 11 is 5.93. The van der Waals surface area contributed by atoms with E-state index < -0.39 is 5.31 Å². The topological polar surface area (TPSA) is 34.0 Å². The summed E-state index contributed by atoms with van der Waals surface area (Å²) < 4.78 is 5.66. The third-order valence-electron chi connectivity index (χ3n) is 4.98. The standard InChI is InChI=1S/C12H17ClN2O/c13-12(14-15-12)16-7-11-4-8-1-9(5-11)3-10(2-8)6-11/h8-10H,1-7H2. The molecule has 88 valence electrons. The first-order valence-electron chi connectivity index (χ1n) is 6.42. The fourth-order valence-corrected chi connectivity index (χ4v) is 4.90. The smallest absolute Gasteiger partial charge is 0.320 e. The van der Waals surface area contributed by atoms with Gasteiger partial charge in [-0.15, -0.1) is 10.2 Å². The monoisotopic (exact) mass is 240 g/mol. The maximum Gasteiger partial charge on any atom is 0.375 e. The molecule has 0 N–H and O–H groups in total. The maximum absolute atomic E-state index is 5.93. The van der Waals surface area contributed by atoms with Crippen LogP contribution in [0.4, 0.5) is 0 Å². The average Bonchev–Trinajstić information content (AvgIpc) is 2.93. The Bertz CT molecular complexity index is 314. The Kier molecular flexibility index (Phi) is 1.84. The van der Waals surface area contributed by atoms with Crippen molar-refractivity contribution in [2.45, 2.75) is 43.8 Å². The minimum absolute atomic E-state index is 0.421. The van der Waals surface area contributed by atoms with Gasteiger partial charge in [0.15, 0.2) is 0 Å². The van der Waals surface area contributed by atoms with Crippen molar-refractivity contribution in [3.8, 4) is 0 Å². The minimum Gasteiger partial charge on any atom is -0.320 e. The highest BCUT2D eigenvalue weighted by molar-refractivity contribution is 6.23. The molecule has 0 aromatic carbocycles. The summed E-state index contributed by atoms with van der Waals surface area (Å²) in [5.41, 5.74) is 0.421. The summed E-state index contributed by atoms with van der Waals surface area (Å²) in [6.45, 7) is 0.771. The SMILES string of the molecule is ClC1(OCC23CC4CC(CC(C4)C2)C3)N=N1. The Morgan fingerprint density at radius 2 is 1.50 bits per heavy atom. The van der Waals surface area contributed by atoms with E-state index in [1.165, 1.54) is 38.5 Å². The number of alkyl halides is 1. The van der Waals surface area contributed by atoms with E-state index in [1.807, 2.05) is 0 Å². The molecule has 1 heterocycles. The molecule has 0 spiro atoms. The summed E-state index contributed by atoms with van der Waals surface area (Å²) in [7, 11) is 0. The Labute approximate surface area is 101 Å². The van der Waals surface area contributed by atoms with Crippen LogP contribution in [0.3, 0.4) is 0 Å². The zero-order chi connectivity index (χ0) is 10.8. The number of hydrogen-bond donors (Lipinski definition) is 0. The van der Waals surface area contributed by atoms with Crippen LogP contribution in [-0.2, 0) is 4.74 Å². The molecule has 5 aliphatic rings. The van der Waals surface area contributed by atoms with Crippen molar-refractivity contribution < 1.29 is 4.74 Å². The van der Waals surface area contributed by atoms with E-state index in [9.17, 15) is 0 Å². The predicted octanol–water partition coefficient (Wildman–Crippen LogP) is 3.54. The van der Waals surface area contributed by atoms with Gasteiger partial charge in [-0.3, -0.25) is 0 Å². The second kappa shape index (κ2) is 2.99. The molecule has 3 nitrogen and oxygen atoms in total. The summed E-state index contributed by atoms with van der Waals surface area (Å²) in [4.78, 5) is 0. The summed E-state index contributed by atoms with van der Waals surface area (Å²) in [6, 6.07) is 0. The molecule has 4 saturated carbocycles. The highest BCUT2D eigenvalue weighted by Crippen LogP contribution is 2.60. The molecular weight excluding hydrogens is 224 g/mol. The molecular formula is C12H17ClN2O. The van der Waals surface area contributed by atoms with Gasteiger partial charge in [0.1, 0.15) is 0 Å². The van der Waals surface area contributed by atoms with Crippen LogP contribution >= 0.6 is 11.6 Å². The molecule has 0 radical (unpaired) electrons. The normalized spacial score (nSPS) is 50.9. The van der Waals surface area contributed by atoms with E-state index in [0.717, 1.165) is 24.4 Å². The van der Waals surface area contributed by atoms with Gasteiger partial charge in [0.25, 0.3) is 0 Å². The molecule has 4 heteroatoms. The third kappa shape index (κ3) is 1.52. The highest BCUT2D eigenvalue weighted by atomic mass is 35.5. The molecule has 0 aromatic rings. The second-order valence-corrected chi connectivity index (χ2v) is 6.93. The first kappa shape index (κ1) is 9.84. The molecule has 4 bridgehead atoms. The molecule has 5 rings (SSSR count).